The molecule has 1 atom stereocenters. The van der Waals surface area contributed by atoms with Gasteiger partial charge >= 0.3 is 0 Å². The molecule has 3 N–H and O–H groups in total. The van der Waals surface area contributed by atoms with E-state index in [1.807, 2.05) is 0 Å². The van der Waals surface area contributed by atoms with Crippen LogP contribution in [-0.4, -0.2) is 44.5 Å². The van der Waals surface area contributed by atoms with Gasteiger partial charge in [-0.25, -0.2) is 0 Å². The number of rotatable bonds is 9. The van der Waals surface area contributed by atoms with Gasteiger partial charge in [0, 0.05) is 19.5 Å². The van der Waals surface area contributed by atoms with E-state index in [2.05, 4.69) is 52.0 Å². The van der Waals surface area contributed by atoms with Crippen LogP contribution in [0.2, 0.25) is 0 Å². The van der Waals surface area contributed by atoms with Crippen molar-refractivity contribution in [2.45, 2.75) is 40.5 Å². The number of carbonyl (C=O) groups excluding carboxylic acids is 1. The van der Waals surface area contributed by atoms with Crippen LogP contribution in [0.3, 0.4) is 0 Å². The quantitative estimate of drug-likeness (QED) is 0.671. The molecule has 0 saturated carbocycles. The number of nitrogens with one attached hydrogen (secondary N) is 1. The average molecular weight is 271 g/mol. The zero-order chi connectivity index (χ0) is 15.1. The highest BCUT2D eigenvalue weighted by atomic mass is 16.1. The molecule has 0 spiro atoms. The topological polar surface area (TPSA) is 58.4 Å². The van der Waals surface area contributed by atoms with Gasteiger partial charge in [-0.05, 0) is 44.3 Å². The standard InChI is InChI=1S/C15H33N3O/c1-12(2)7-13(9-16)8-14(19)17-10-15(3,4)11-18(5)6/h12-13H,7-11,16H2,1-6H3,(H,17,19). The van der Waals surface area contributed by atoms with E-state index in [-0.39, 0.29) is 11.3 Å². The summed E-state index contributed by atoms with van der Waals surface area (Å²) in [6, 6.07) is 0. The van der Waals surface area contributed by atoms with Gasteiger partial charge in [0.25, 0.3) is 0 Å². The van der Waals surface area contributed by atoms with Gasteiger partial charge in [-0.15, -0.1) is 0 Å². The molecule has 0 saturated heterocycles. The fourth-order valence-electron chi connectivity index (χ4n) is 2.51. The summed E-state index contributed by atoms with van der Waals surface area (Å²) in [6.45, 7) is 10.9. The highest BCUT2D eigenvalue weighted by molar-refractivity contribution is 5.76. The van der Waals surface area contributed by atoms with Crippen LogP contribution >= 0.6 is 0 Å². The van der Waals surface area contributed by atoms with Crippen molar-refractivity contribution in [3.63, 3.8) is 0 Å². The zero-order valence-corrected chi connectivity index (χ0v) is 13.6. The molecule has 0 aliphatic heterocycles. The van der Waals surface area contributed by atoms with Crippen LogP contribution in [0.5, 0.6) is 0 Å². The molecule has 0 aliphatic rings. The van der Waals surface area contributed by atoms with Gasteiger partial charge in [-0.2, -0.15) is 0 Å². The summed E-state index contributed by atoms with van der Waals surface area (Å²) >= 11 is 0. The van der Waals surface area contributed by atoms with Gasteiger partial charge in [0.2, 0.25) is 5.91 Å². The number of nitrogens with two attached hydrogens (primary N) is 1. The average Bonchev–Trinajstić information content (AvgIpc) is 2.23. The third-order valence-electron chi connectivity index (χ3n) is 3.12. The van der Waals surface area contributed by atoms with Crippen molar-refractivity contribution in [1.82, 2.24) is 10.2 Å². The number of hydrogen-bond acceptors (Lipinski definition) is 3. The Hall–Kier alpha value is -0.610. The van der Waals surface area contributed by atoms with Crippen LogP contribution < -0.4 is 11.1 Å². The summed E-state index contributed by atoms with van der Waals surface area (Å²) in [4.78, 5) is 14.1. The van der Waals surface area contributed by atoms with Crippen LogP contribution in [0.1, 0.15) is 40.5 Å². The second-order valence-corrected chi connectivity index (χ2v) is 7.11. The lowest BCUT2D eigenvalue weighted by Crippen LogP contribution is -2.40. The minimum absolute atomic E-state index is 0.0927. The minimum Gasteiger partial charge on any atom is -0.356 e. The Morgan fingerprint density at radius 3 is 2.32 bits per heavy atom. The predicted octanol–water partition coefficient (Wildman–Crippen LogP) is 1.70. The third-order valence-corrected chi connectivity index (χ3v) is 3.12. The molecule has 0 aromatic carbocycles. The van der Waals surface area contributed by atoms with Gasteiger partial charge in [0.1, 0.15) is 0 Å². The molecule has 0 radical (unpaired) electrons. The van der Waals surface area contributed by atoms with Crippen molar-refractivity contribution in [1.29, 1.82) is 0 Å². The van der Waals surface area contributed by atoms with E-state index in [0.717, 1.165) is 13.0 Å². The van der Waals surface area contributed by atoms with Crippen LogP contribution in [0.25, 0.3) is 0 Å². The Kier molecular flexibility index (Phi) is 8.26. The first-order valence-corrected chi connectivity index (χ1v) is 7.27. The van der Waals surface area contributed by atoms with E-state index in [0.29, 0.717) is 31.3 Å². The first-order chi connectivity index (χ1) is 8.66. The molecule has 1 unspecified atom stereocenters. The number of nitrogens with zero attached hydrogens (tertiary/aromatic N) is 1. The highest BCUT2D eigenvalue weighted by Crippen LogP contribution is 2.16. The fraction of sp³-hybridized carbons (Fsp3) is 0.933. The maximum Gasteiger partial charge on any atom is 0.220 e. The second kappa shape index (κ2) is 8.54. The van der Waals surface area contributed by atoms with E-state index in [1.165, 1.54) is 0 Å². The summed E-state index contributed by atoms with van der Waals surface area (Å²) < 4.78 is 0. The lowest BCUT2D eigenvalue weighted by Gasteiger charge is -2.28. The normalized spacial score (nSPS) is 13.9. The van der Waals surface area contributed by atoms with Crippen molar-refractivity contribution in [2.24, 2.45) is 23.0 Å². The molecule has 0 fully saturated rings. The molecule has 19 heavy (non-hydrogen) atoms. The SMILES string of the molecule is CC(C)CC(CN)CC(=O)NCC(C)(C)CN(C)C. The van der Waals surface area contributed by atoms with Gasteiger partial charge < -0.3 is 16.0 Å². The Morgan fingerprint density at radius 2 is 1.89 bits per heavy atom. The molecular formula is C15H33N3O. The van der Waals surface area contributed by atoms with Crippen LogP contribution in [0, 0.1) is 17.3 Å². The molecule has 1 amide bonds. The first kappa shape index (κ1) is 18.4. The minimum atomic E-state index is 0.0927. The number of hydrogen-bond donors (Lipinski definition) is 2. The zero-order valence-electron chi connectivity index (χ0n) is 13.6. The molecule has 4 heteroatoms. The van der Waals surface area contributed by atoms with Crippen LogP contribution in [0.15, 0.2) is 0 Å². The highest BCUT2D eigenvalue weighted by Gasteiger charge is 2.21. The third kappa shape index (κ3) is 9.91. The summed E-state index contributed by atoms with van der Waals surface area (Å²) in [5.41, 5.74) is 5.82. The van der Waals surface area contributed by atoms with Crippen molar-refractivity contribution < 1.29 is 4.79 Å². The van der Waals surface area contributed by atoms with E-state index in [9.17, 15) is 4.79 Å². The predicted molar refractivity (Wildman–Crippen MR) is 82.0 cm³/mol. The molecule has 0 aromatic heterocycles. The van der Waals surface area contributed by atoms with Gasteiger partial charge in [-0.1, -0.05) is 27.7 Å². The molecule has 0 aromatic rings. The van der Waals surface area contributed by atoms with E-state index in [1.54, 1.807) is 0 Å². The Labute approximate surface area is 119 Å². The maximum absolute atomic E-state index is 11.9. The molecule has 0 aliphatic carbocycles. The Bertz CT molecular complexity index is 262. The van der Waals surface area contributed by atoms with E-state index in [4.69, 9.17) is 5.73 Å². The Balaban J connectivity index is 4.09. The first-order valence-electron chi connectivity index (χ1n) is 7.27. The molecule has 0 bridgehead atoms. The van der Waals surface area contributed by atoms with Crippen LogP contribution in [0.4, 0.5) is 0 Å². The van der Waals surface area contributed by atoms with Gasteiger partial charge in [-0.3, -0.25) is 4.79 Å². The molecule has 114 valence electrons. The molecule has 0 rings (SSSR count). The number of carbonyl (C=O) groups is 1. The largest absolute Gasteiger partial charge is 0.356 e. The van der Waals surface area contributed by atoms with Crippen molar-refractivity contribution in [2.75, 3.05) is 33.7 Å². The number of amides is 1. The molecular weight excluding hydrogens is 238 g/mol. The smallest absolute Gasteiger partial charge is 0.220 e. The second-order valence-electron chi connectivity index (χ2n) is 7.11. The fourth-order valence-corrected chi connectivity index (χ4v) is 2.51. The van der Waals surface area contributed by atoms with Gasteiger partial charge in [0.15, 0.2) is 0 Å². The lowest BCUT2D eigenvalue weighted by molar-refractivity contribution is -0.122. The summed E-state index contributed by atoms with van der Waals surface area (Å²) in [5, 5.41) is 3.05. The van der Waals surface area contributed by atoms with Crippen molar-refractivity contribution >= 4 is 5.91 Å². The maximum atomic E-state index is 11.9. The summed E-state index contributed by atoms with van der Waals surface area (Å²) in [6.07, 6.45) is 1.57. The summed E-state index contributed by atoms with van der Waals surface area (Å²) in [5.74, 6) is 1.02. The molecule has 0 heterocycles. The molecule has 4 nitrogen and oxygen atoms in total. The van der Waals surface area contributed by atoms with Gasteiger partial charge in [0.05, 0.1) is 0 Å². The van der Waals surface area contributed by atoms with Crippen LogP contribution in [-0.2, 0) is 4.79 Å². The lowest BCUT2D eigenvalue weighted by atomic mass is 9.91. The Morgan fingerprint density at radius 1 is 1.32 bits per heavy atom. The monoisotopic (exact) mass is 271 g/mol. The van der Waals surface area contributed by atoms with Crippen molar-refractivity contribution in [3.8, 4) is 0 Å². The van der Waals surface area contributed by atoms with Crippen molar-refractivity contribution in [3.05, 3.63) is 0 Å². The van der Waals surface area contributed by atoms with E-state index >= 15 is 0 Å². The van der Waals surface area contributed by atoms with E-state index < -0.39 is 0 Å². The summed E-state index contributed by atoms with van der Waals surface area (Å²) in [7, 11) is 4.10.